The van der Waals surface area contributed by atoms with Crippen molar-refractivity contribution in [3.63, 3.8) is 0 Å². The molecule has 1 amide bonds. The summed E-state index contributed by atoms with van der Waals surface area (Å²) in [7, 11) is 1.85. The molecule has 1 aromatic heterocycles. The zero-order valence-electron chi connectivity index (χ0n) is 22.3. The fourth-order valence-corrected chi connectivity index (χ4v) is 7.33. The number of aromatic nitrogens is 1. The first-order chi connectivity index (χ1) is 18.8. The predicted molar refractivity (Wildman–Crippen MR) is 157 cm³/mol. The standard InChI is InChI=1S/C29H32N4O4S2/c1-31(2)17-7-18-32(29-30-25-16-13-23(37-3)20-27(25)38-29)28(34)22-11-14-24(15-12-22)39(35,36)33-19-6-9-21-8-4-5-10-26(21)33/h4-5,8,10-16,20H,6-7,9,17-19H2,1-3H3. The number of para-hydroxylation sites is 1. The monoisotopic (exact) mass is 564 g/mol. The molecule has 39 heavy (non-hydrogen) atoms. The van der Waals surface area contributed by atoms with E-state index in [1.54, 1.807) is 24.1 Å². The summed E-state index contributed by atoms with van der Waals surface area (Å²) in [5.41, 5.74) is 2.96. The van der Waals surface area contributed by atoms with Crippen LogP contribution in [0.1, 0.15) is 28.8 Å². The molecule has 0 radical (unpaired) electrons. The van der Waals surface area contributed by atoms with Crippen molar-refractivity contribution < 1.29 is 17.9 Å². The third-order valence-electron chi connectivity index (χ3n) is 6.80. The molecule has 0 aliphatic carbocycles. The number of hydrogen-bond donors (Lipinski definition) is 0. The van der Waals surface area contributed by atoms with Crippen LogP contribution in [0.5, 0.6) is 5.75 Å². The maximum absolute atomic E-state index is 13.7. The minimum atomic E-state index is -3.76. The van der Waals surface area contributed by atoms with E-state index >= 15 is 0 Å². The van der Waals surface area contributed by atoms with Crippen molar-refractivity contribution in [1.29, 1.82) is 0 Å². The van der Waals surface area contributed by atoms with E-state index < -0.39 is 10.0 Å². The van der Waals surface area contributed by atoms with Gasteiger partial charge in [-0.05, 0) is 94.0 Å². The molecule has 0 atom stereocenters. The smallest absolute Gasteiger partial charge is 0.264 e. The molecule has 0 unspecified atom stereocenters. The summed E-state index contributed by atoms with van der Waals surface area (Å²) in [6.45, 7) is 1.73. The molecule has 4 aromatic rings. The Morgan fingerprint density at radius 1 is 1.05 bits per heavy atom. The van der Waals surface area contributed by atoms with Crippen LogP contribution in [-0.2, 0) is 16.4 Å². The van der Waals surface area contributed by atoms with E-state index in [-0.39, 0.29) is 10.8 Å². The van der Waals surface area contributed by atoms with Crippen molar-refractivity contribution in [3.8, 4) is 5.75 Å². The lowest BCUT2D eigenvalue weighted by molar-refractivity contribution is 0.0986. The summed E-state index contributed by atoms with van der Waals surface area (Å²) in [6.07, 6.45) is 2.39. The Bertz CT molecular complexity index is 1580. The summed E-state index contributed by atoms with van der Waals surface area (Å²) < 4.78 is 34.9. The fourth-order valence-electron chi connectivity index (χ4n) is 4.77. The molecular formula is C29H32N4O4S2. The molecule has 0 N–H and O–H groups in total. The Balaban J connectivity index is 1.43. The highest BCUT2D eigenvalue weighted by atomic mass is 32.2. The highest BCUT2D eigenvalue weighted by molar-refractivity contribution is 7.92. The van der Waals surface area contributed by atoms with Gasteiger partial charge in [-0.25, -0.2) is 13.4 Å². The summed E-state index contributed by atoms with van der Waals surface area (Å²) in [6, 6.07) is 19.5. The van der Waals surface area contributed by atoms with Gasteiger partial charge < -0.3 is 9.64 Å². The number of fused-ring (bicyclic) bond motifs is 2. The van der Waals surface area contributed by atoms with Crippen LogP contribution in [-0.4, -0.2) is 65.0 Å². The Morgan fingerprint density at radius 3 is 2.56 bits per heavy atom. The average molecular weight is 565 g/mol. The van der Waals surface area contributed by atoms with Gasteiger partial charge in [-0.2, -0.15) is 0 Å². The van der Waals surface area contributed by atoms with Crippen molar-refractivity contribution in [2.45, 2.75) is 24.2 Å². The third kappa shape index (κ3) is 5.63. The summed E-state index contributed by atoms with van der Waals surface area (Å²) in [4.78, 5) is 22.4. The lowest BCUT2D eigenvalue weighted by Gasteiger charge is -2.30. The van der Waals surface area contributed by atoms with Gasteiger partial charge in [-0.15, -0.1) is 0 Å². The number of aryl methyl sites for hydroxylation is 1. The molecule has 0 saturated carbocycles. The number of thiazole rings is 1. The van der Waals surface area contributed by atoms with Gasteiger partial charge in [0.2, 0.25) is 0 Å². The second-order valence-electron chi connectivity index (χ2n) is 9.78. The van der Waals surface area contributed by atoms with Crippen molar-refractivity contribution >= 4 is 48.3 Å². The topological polar surface area (TPSA) is 83.0 Å². The van der Waals surface area contributed by atoms with Gasteiger partial charge >= 0.3 is 0 Å². The van der Waals surface area contributed by atoms with Crippen LogP contribution in [0.15, 0.2) is 71.6 Å². The van der Waals surface area contributed by atoms with Crippen LogP contribution in [0.2, 0.25) is 0 Å². The van der Waals surface area contributed by atoms with Gasteiger partial charge in [-0.1, -0.05) is 29.5 Å². The van der Waals surface area contributed by atoms with Gasteiger partial charge in [0.25, 0.3) is 15.9 Å². The van der Waals surface area contributed by atoms with E-state index in [1.807, 2.05) is 56.6 Å². The van der Waals surface area contributed by atoms with E-state index in [0.717, 1.165) is 53.0 Å². The molecule has 2 heterocycles. The SMILES string of the molecule is COc1ccc2nc(N(CCCN(C)C)C(=O)c3ccc(S(=O)(=O)N4CCCc5ccccc54)cc3)sc2c1. The Hall–Kier alpha value is -3.47. The largest absolute Gasteiger partial charge is 0.497 e. The summed E-state index contributed by atoms with van der Waals surface area (Å²) >= 11 is 1.43. The van der Waals surface area contributed by atoms with Gasteiger partial charge in [-0.3, -0.25) is 14.0 Å². The average Bonchev–Trinajstić information content (AvgIpc) is 3.37. The van der Waals surface area contributed by atoms with Crippen LogP contribution < -0.4 is 13.9 Å². The minimum absolute atomic E-state index is 0.169. The van der Waals surface area contributed by atoms with Crippen molar-refractivity contribution in [2.75, 3.05) is 50.0 Å². The van der Waals surface area contributed by atoms with E-state index in [9.17, 15) is 13.2 Å². The number of nitrogens with zero attached hydrogens (tertiary/aromatic N) is 4. The van der Waals surface area contributed by atoms with Crippen LogP contribution in [0.3, 0.4) is 0 Å². The second kappa shape index (κ2) is 11.3. The van der Waals surface area contributed by atoms with Crippen molar-refractivity contribution in [3.05, 3.63) is 77.9 Å². The van der Waals surface area contributed by atoms with Crippen LogP contribution in [0, 0.1) is 0 Å². The number of anilines is 2. The zero-order chi connectivity index (χ0) is 27.6. The Morgan fingerprint density at radius 2 is 1.82 bits per heavy atom. The highest BCUT2D eigenvalue weighted by Gasteiger charge is 2.29. The molecule has 10 heteroatoms. The number of benzene rings is 3. The van der Waals surface area contributed by atoms with Crippen LogP contribution >= 0.6 is 11.3 Å². The number of hydrogen-bond acceptors (Lipinski definition) is 7. The first-order valence-corrected chi connectivity index (χ1v) is 15.2. The number of sulfonamides is 1. The normalized spacial score (nSPS) is 13.5. The molecule has 0 saturated heterocycles. The Labute approximate surface area is 233 Å². The van der Waals surface area contributed by atoms with Gasteiger partial charge in [0, 0.05) is 18.7 Å². The second-order valence-corrected chi connectivity index (χ2v) is 12.6. The lowest BCUT2D eigenvalue weighted by atomic mass is 10.0. The molecule has 1 aliphatic heterocycles. The maximum Gasteiger partial charge on any atom is 0.264 e. The first-order valence-electron chi connectivity index (χ1n) is 12.9. The van der Waals surface area contributed by atoms with Crippen molar-refractivity contribution in [1.82, 2.24) is 9.88 Å². The number of amides is 1. The molecule has 0 fully saturated rings. The molecule has 204 valence electrons. The highest BCUT2D eigenvalue weighted by Crippen LogP contribution is 2.34. The number of rotatable bonds is 9. The Kier molecular flexibility index (Phi) is 7.88. The number of carbonyl (C=O) groups excluding carboxylic acids is 1. The fraction of sp³-hybridized carbons (Fsp3) is 0.310. The summed E-state index contributed by atoms with van der Waals surface area (Å²) in [5, 5.41) is 0.601. The molecule has 5 rings (SSSR count). The lowest BCUT2D eigenvalue weighted by Crippen LogP contribution is -2.35. The van der Waals surface area contributed by atoms with Crippen molar-refractivity contribution in [2.24, 2.45) is 0 Å². The van der Waals surface area contributed by atoms with E-state index in [2.05, 4.69) is 4.90 Å². The third-order valence-corrected chi connectivity index (χ3v) is 9.67. The molecule has 0 bridgehead atoms. The number of methoxy groups -OCH3 is 1. The molecule has 3 aromatic carbocycles. The van der Waals surface area contributed by atoms with Gasteiger partial charge in [0.15, 0.2) is 5.13 Å². The summed E-state index contributed by atoms with van der Waals surface area (Å²) in [5.74, 6) is 0.517. The van der Waals surface area contributed by atoms with Gasteiger partial charge in [0.05, 0.1) is 27.9 Å². The van der Waals surface area contributed by atoms with Crippen LogP contribution in [0.25, 0.3) is 10.2 Å². The maximum atomic E-state index is 13.7. The molecule has 8 nitrogen and oxygen atoms in total. The van der Waals surface area contributed by atoms with E-state index in [1.165, 1.54) is 27.8 Å². The van der Waals surface area contributed by atoms with Crippen LogP contribution in [0.4, 0.5) is 10.8 Å². The molecule has 1 aliphatic rings. The first kappa shape index (κ1) is 27.1. The minimum Gasteiger partial charge on any atom is -0.497 e. The molecule has 0 spiro atoms. The predicted octanol–water partition coefficient (Wildman–Crippen LogP) is 5.04. The quantitative estimate of drug-likeness (QED) is 0.283. The number of carbonyl (C=O) groups is 1. The number of ether oxygens (including phenoxy) is 1. The van der Waals surface area contributed by atoms with Gasteiger partial charge in [0.1, 0.15) is 5.75 Å². The zero-order valence-corrected chi connectivity index (χ0v) is 24.0. The molecular weight excluding hydrogens is 532 g/mol. The van der Waals surface area contributed by atoms with E-state index in [4.69, 9.17) is 9.72 Å². The van der Waals surface area contributed by atoms with E-state index in [0.29, 0.717) is 23.8 Å².